The van der Waals surface area contributed by atoms with E-state index in [9.17, 15) is 0 Å². The van der Waals surface area contributed by atoms with Crippen LogP contribution < -0.4 is 10.2 Å². The molecule has 86 valence electrons. The minimum atomic E-state index is 0.815. The maximum atomic E-state index is 4.54. The highest BCUT2D eigenvalue weighted by atomic mass is 15.2. The van der Waals surface area contributed by atoms with Crippen LogP contribution >= 0.6 is 0 Å². The topological polar surface area (TPSA) is 41.0 Å². The highest BCUT2D eigenvalue weighted by Gasteiger charge is 2.36. The van der Waals surface area contributed by atoms with Gasteiger partial charge in [0.05, 0.1) is 0 Å². The number of rotatable bonds is 1. The van der Waals surface area contributed by atoms with Gasteiger partial charge in [0.15, 0.2) is 0 Å². The van der Waals surface area contributed by atoms with E-state index in [1.807, 2.05) is 13.8 Å². The largest absolute Gasteiger partial charge is 0.356 e. The van der Waals surface area contributed by atoms with Crippen LogP contribution in [0.25, 0.3) is 0 Å². The second-order valence-electron chi connectivity index (χ2n) is 5.00. The fraction of sp³-hybridized carbons (Fsp3) is 0.667. The van der Waals surface area contributed by atoms with Crippen molar-refractivity contribution in [1.82, 2.24) is 15.3 Å². The van der Waals surface area contributed by atoms with Crippen molar-refractivity contribution in [3.8, 4) is 0 Å². The van der Waals surface area contributed by atoms with E-state index in [4.69, 9.17) is 0 Å². The number of aryl methyl sites for hydroxylation is 2. The first kappa shape index (κ1) is 10.0. The molecule has 1 N–H and O–H groups in total. The third kappa shape index (κ3) is 1.67. The Labute approximate surface area is 96.1 Å². The molecule has 3 rings (SSSR count). The summed E-state index contributed by atoms with van der Waals surface area (Å²) in [5.41, 5.74) is 1.07. The van der Waals surface area contributed by atoms with E-state index in [2.05, 4.69) is 26.3 Å². The number of hydrogen-bond acceptors (Lipinski definition) is 4. The molecule has 1 aromatic rings. The lowest BCUT2D eigenvalue weighted by atomic mass is 10.0. The van der Waals surface area contributed by atoms with Gasteiger partial charge < -0.3 is 10.2 Å². The summed E-state index contributed by atoms with van der Waals surface area (Å²) in [4.78, 5) is 11.3. The predicted molar refractivity (Wildman–Crippen MR) is 63.6 cm³/mol. The monoisotopic (exact) mass is 218 g/mol. The van der Waals surface area contributed by atoms with Crippen molar-refractivity contribution in [2.45, 2.75) is 13.8 Å². The van der Waals surface area contributed by atoms with E-state index >= 15 is 0 Å². The average molecular weight is 218 g/mol. The van der Waals surface area contributed by atoms with Crippen LogP contribution in [0.2, 0.25) is 0 Å². The van der Waals surface area contributed by atoms with Crippen LogP contribution in [-0.2, 0) is 0 Å². The van der Waals surface area contributed by atoms with Gasteiger partial charge in [0.25, 0.3) is 0 Å². The van der Waals surface area contributed by atoms with Crippen LogP contribution in [-0.4, -0.2) is 36.1 Å². The van der Waals surface area contributed by atoms with Crippen molar-refractivity contribution in [2.24, 2.45) is 11.8 Å². The summed E-state index contributed by atoms with van der Waals surface area (Å²) in [6.45, 7) is 8.64. The Kier molecular flexibility index (Phi) is 2.32. The van der Waals surface area contributed by atoms with Crippen molar-refractivity contribution in [2.75, 3.05) is 31.1 Å². The molecule has 0 amide bonds. The number of nitrogens with one attached hydrogen (secondary N) is 1. The summed E-state index contributed by atoms with van der Waals surface area (Å²) in [6.07, 6.45) is 0. The minimum Gasteiger partial charge on any atom is -0.356 e. The van der Waals surface area contributed by atoms with E-state index in [1.165, 1.54) is 13.1 Å². The highest BCUT2D eigenvalue weighted by Crippen LogP contribution is 2.29. The van der Waals surface area contributed by atoms with Crippen molar-refractivity contribution < 1.29 is 0 Å². The molecular weight excluding hydrogens is 200 g/mol. The van der Waals surface area contributed by atoms with Gasteiger partial charge >= 0.3 is 0 Å². The quantitative estimate of drug-likeness (QED) is 0.755. The molecule has 16 heavy (non-hydrogen) atoms. The van der Waals surface area contributed by atoms with Crippen molar-refractivity contribution >= 4 is 5.82 Å². The summed E-state index contributed by atoms with van der Waals surface area (Å²) in [7, 11) is 0. The molecule has 0 saturated carbocycles. The van der Waals surface area contributed by atoms with Gasteiger partial charge in [-0.05, 0) is 25.7 Å². The molecule has 2 saturated heterocycles. The standard InChI is InChI=1S/C12H18N4/c1-8-3-12(15-9(2)14-8)16-6-10-4-13-5-11(10)7-16/h3,10-11,13H,4-7H2,1-2H3. The summed E-state index contributed by atoms with van der Waals surface area (Å²) < 4.78 is 0. The van der Waals surface area contributed by atoms with E-state index in [-0.39, 0.29) is 0 Å². The first-order valence-corrected chi connectivity index (χ1v) is 6.00. The van der Waals surface area contributed by atoms with Gasteiger partial charge in [-0.15, -0.1) is 0 Å². The van der Waals surface area contributed by atoms with Crippen molar-refractivity contribution in [3.05, 3.63) is 17.6 Å². The second-order valence-corrected chi connectivity index (χ2v) is 5.00. The summed E-state index contributed by atoms with van der Waals surface area (Å²) in [5, 5.41) is 3.46. The number of anilines is 1. The molecule has 2 unspecified atom stereocenters. The highest BCUT2D eigenvalue weighted by molar-refractivity contribution is 5.41. The van der Waals surface area contributed by atoms with Crippen LogP contribution in [0.1, 0.15) is 11.5 Å². The third-order valence-corrected chi connectivity index (χ3v) is 3.67. The van der Waals surface area contributed by atoms with Gasteiger partial charge in [-0.2, -0.15) is 0 Å². The predicted octanol–water partition coefficient (Wildman–Crippen LogP) is 0.749. The van der Waals surface area contributed by atoms with E-state index in [0.29, 0.717) is 0 Å². The lowest BCUT2D eigenvalue weighted by Crippen LogP contribution is -2.26. The van der Waals surface area contributed by atoms with Gasteiger partial charge in [-0.3, -0.25) is 0 Å². The van der Waals surface area contributed by atoms with E-state index in [1.54, 1.807) is 0 Å². The van der Waals surface area contributed by atoms with Crippen LogP contribution in [0.3, 0.4) is 0 Å². The zero-order valence-electron chi connectivity index (χ0n) is 9.90. The molecule has 2 aliphatic heterocycles. The normalized spacial score (nSPS) is 28.5. The van der Waals surface area contributed by atoms with Crippen molar-refractivity contribution in [3.63, 3.8) is 0 Å². The van der Waals surface area contributed by atoms with Gasteiger partial charge in [0, 0.05) is 37.9 Å². The Hall–Kier alpha value is -1.16. The van der Waals surface area contributed by atoms with Gasteiger partial charge in [-0.25, -0.2) is 9.97 Å². The maximum absolute atomic E-state index is 4.54. The Morgan fingerprint density at radius 3 is 2.50 bits per heavy atom. The summed E-state index contributed by atoms with van der Waals surface area (Å²) in [5.74, 6) is 3.62. The Balaban J connectivity index is 1.83. The molecule has 0 aromatic carbocycles. The molecule has 0 radical (unpaired) electrons. The molecule has 2 aliphatic rings. The summed E-state index contributed by atoms with van der Waals surface area (Å²) in [6, 6.07) is 2.10. The molecule has 0 bridgehead atoms. The lowest BCUT2D eigenvalue weighted by molar-refractivity contribution is 0.533. The van der Waals surface area contributed by atoms with Gasteiger partial charge in [0.2, 0.25) is 0 Å². The van der Waals surface area contributed by atoms with E-state index < -0.39 is 0 Å². The summed E-state index contributed by atoms with van der Waals surface area (Å²) >= 11 is 0. The first-order valence-electron chi connectivity index (χ1n) is 6.00. The van der Waals surface area contributed by atoms with Crippen LogP contribution in [0.5, 0.6) is 0 Å². The van der Waals surface area contributed by atoms with Crippen molar-refractivity contribution in [1.29, 1.82) is 0 Å². The molecule has 1 aromatic heterocycles. The minimum absolute atomic E-state index is 0.815. The molecule has 4 heteroatoms. The zero-order valence-corrected chi connectivity index (χ0v) is 9.90. The number of aromatic nitrogens is 2. The fourth-order valence-electron chi connectivity index (χ4n) is 2.90. The smallest absolute Gasteiger partial charge is 0.132 e. The van der Waals surface area contributed by atoms with E-state index in [0.717, 1.165) is 42.3 Å². The molecule has 2 atom stereocenters. The maximum Gasteiger partial charge on any atom is 0.132 e. The third-order valence-electron chi connectivity index (χ3n) is 3.67. The van der Waals surface area contributed by atoms with Crippen LogP contribution in [0, 0.1) is 25.7 Å². The van der Waals surface area contributed by atoms with Crippen LogP contribution in [0.4, 0.5) is 5.82 Å². The second kappa shape index (κ2) is 3.70. The average Bonchev–Trinajstić information content (AvgIpc) is 2.74. The lowest BCUT2D eigenvalue weighted by Gasteiger charge is -2.19. The van der Waals surface area contributed by atoms with Crippen LogP contribution in [0.15, 0.2) is 6.07 Å². The van der Waals surface area contributed by atoms with Gasteiger partial charge in [0.1, 0.15) is 11.6 Å². The molecule has 3 heterocycles. The Bertz CT molecular complexity index is 372. The number of hydrogen-bond donors (Lipinski definition) is 1. The zero-order chi connectivity index (χ0) is 11.1. The SMILES string of the molecule is Cc1cc(N2CC3CNCC3C2)nc(C)n1. The Morgan fingerprint density at radius 1 is 1.19 bits per heavy atom. The number of nitrogens with zero attached hydrogens (tertiary/aromatic N) is 3. The molecule has 0 spiro atoms. The van der Waals surface area contributed by atoms with Gasteiger partial charge in [-0.1, -0.05) is 0 Å². The molecular formula is C12H18N4. The molecule has 0 aliphatic carbocycles. The molecule has 2 fully saturated rings. The first-order chi connectivity index (χ1) is 7.72. The fourth-order valence-corrected chi connectivity index (χ4v) is 2.90. The molecule has 4 nitrogen and oxygen atoms in total. The Morgan fingerprint density at radius 2 is 1.88 bits per heavy atom. The number of fused-ring (bicyclic) bond motifs is 1.